The smallest absolute Gasteiger partial charge is 0.315 e. The fraction of sp³-hybridized carbons (Fsp3) is 0.786. The number of carbonyl (C=O) groups is 1. The maximum Gasteiger partial charge on any atom is 0.315 e. The van der Waals surface area contributed by atoms with Crippen LogP contribution in [-0.4, -0.2) is 20.7 Å². The predicted molar refractivity (Wildman–Crippen MR) is 72.6 cm³/mol. The third-order valence-electron chi connectivity index (χ3n) is 4.62. The molecule has 0 radical (unpaired) electrons. The van der Waals surface area contributed by atoms with E-state index in [2.05, 4.69) is 38.7 Å². The standard InChI is InChI=1S/C14H24O2Si/c1-11(17(2,3)4)10-16-13(15)14-7-5-12(9-14)6-8-14/h5,7,11-12H,6,8-10H2,1-4H3. The average molecular weight is 252 g/mol. The van der Waals surface area contributed by atoms with E-state index in [-0.39, 0.29) is 11.4 Å². The normalized spacial score (nSPS) is 32.8. The molecule has 3 heteroatoms. The molecule has 0 aromatic heterocycles. The van der Waals surface area contributed by atoms with E-state index < -0.39 is 8.07 Å². The molecule has 2 aliphatic rings. The lowest BCUT2D eigenvalue weighted by Gasteiger charge is -2.27. The lowest BCUT2D eigenvalue weighted by molar-refractivity contribution is -0.152. The molecule has 2 nitrogen and oxygen atoms in total. The minimum absolute atomic E-state index is 0.0267. The molecule has 1 fully saturated rings. The van der Waals surface area contributed by atoms with E-state index in [1.165, 1.54) is 0 Å². The second-order valence-electron chi connectivity index (χ2n) is 6.88. The predicted octanol–water partition coefficient (Wildman–Crippen LogP) is 3.61. The summed E-state index contributed by atoms with van der Waals surface area (Å²) in [7, 11) is -1.19. The van der Waals surface area contributed by atoms with Gasteiger partial charge in [-0.25, -0.2) is 0 Å². The fourth-order valence-electron chi connectivity index (χ4n) is 2.60. The summed E-state index contributed by atoms with van der Waals surface area (Å²) in [5.41, 5.74) is 0.287. The first kappa shape index (κ1) is 12.9. The summed E-state index contributed by atoms with van der Waals surface area (Å²) in [5, 5.41) is 0. The Morgan fingerprint density at radius 3 is 2.65 bits per heavy atom. The van der Waals surface area contributed by atoms with Crippen LogP contribution in [0.1, 0.15) is 26.2 Å². The molecule has 2 rings (SSSR count). The minimum Gasteiger partial charge on any atom is -0.465 e. The highest BCUT2D eigenvalue weighted by molar-refractivity contribution is 6.77. The molecule has 0 saturated heterocycles. The van der Waals surface area contributed by atoms with E-state index in [1.54, 1.807) is 0 Å². The largest absolute Gasteiger partial charge is 0.465 e. The molecular weight excluding hydrogens is 228 g/mol. The van der Waals surface area contributed by atoms with Gasteiger partial charge in [0, 0.05) is 0 Å². The van der Waals surface area contributed by atoms with Gasteiger partial charge in [-0.15, -0.1) is 0 Å². The van der Waals surface area contributed by atoms with Crippen molar-refractivity contribution >= 4 is 14.0 Å². The van der Waals surface area contributed by atoms with Gasteiger partial charge >= 0.3 is 5.97 Å². The molecule has 1 saturated carbocycles. The van der Waals surface area contributed by atoms with Crippen molar-refractivity contribution in [2.24, 2.45) is 11.3 Å². The van der Waals surface area contributed by atoms with Crippen molar-refractivity contribution in [3.05, 3.63) is 12.2 Å². The van der Waals surface area contributed by atoms with Crippen molar-refractivity contribution in [2.45, 2.75) is 51.4 Å². The second kappa shape index (κ2) is 4.27. The number of hydrogen-bond acceptors (Lipinski definition) is 2. The zero-order valence-electron chi connectivity index (χ0n) is 11.5. The Morgan fingerprint density at radius 2 is 2.24 bits per heavy atom. The fourth-order valence-corrected chi connectivity index (χ4v) is 3.18. The van der Waals surface area contributed by atoms with Gasteiger partial charge in [0.15, 0.2) is 0 Å². The molecule has 0 aromatic rings. The van der Waals surface area contributed by atoms with Gasteiger partial charge in [-0.1, -0.05) is 38.7 Å². The Morgan fingerprint density at radius 1 is 1.53 bits per heavy atom. The van der Waals surface area contributed by atoms with Crippen LogP contribution in [0, 0.1) is 11.3 Å². The van der Waals surface area contributed by atoms with Gasteiger partial charge in [0.25, 0.3) is 0 Å². The minimum atomic E-state index is -1.19. The van der Waals surface area contributed by atoms with Crippen molar-refractivity contribution in [1.29, 1.82) is 0 Å². The second-order valence-corrected chi connectivity index (χ2v) is 12.6. The molecule has 0 aromatic carbocycles. The summed E-state index contributed by atoms with van der Waals surface area (Å²) in [4.78, 5) is 12.2. The number of hydrogen-bond donors (Lipinski definition) is 0. The molecule has 3 unspecified atom stereocenters. The molecule has 2 bridgehead atoms. The van der Waals surface area contributed by atoms with E-state index in [0.29, 0.717) is 18.1 Å². The van der Waals surface area contributed by atoms with E-state index in [1.807, 2.05) is 0 Å². The Hall–Kier alpha value is -0.573. The van der Waals surface area contributed by atoms with Gasteiger partial charge < -0.3 is 4.74 Å². The topological polar surface area (TPSA) is 26.3 Å². The number of allylic oxidation sites excluding steroid dienone is 1. The van der Waals surface area contributed by atoms with Crippen molar-refractivity contribution in [3.63, 3.8) is 0 Å². The van der Waals surface area contributed by atoms with Crippen molar-refractivity contribution < 1.29 is 9.53 Å². The van der Waals surface area contributed by atoms with Crippen LogP contribution >= 0.6 is 0 Å². The SMILES string of the molecule is CC(COC(=O)C12C=CC(CC1)C2)[Si](C)(C)C. The molecule has 17 heavy (non-hydrogen) atoms. The summed E-state index contributed by atoms with van der Waals surface area (Å²) in [6.45, 7) is 9.79. The van der Waals surface area contributed by atoms with Gasteiger partial charge in [-0.2, -0.15) is 0 Å². The first-order valence-corrected chi connectivity index (χ1v) is 10.3. The molecule has 0 heterocycles. The van der Waals surface area contributed by atoms with E-state index in [4.69, 9.17) is 4.74 Å². The molecule has 96 valence electrons. The molecule has 0 amide bonds. The van der Waals surface area contributed by atoms with Crippen molar-refractivity contribution in [3.8, 4) is 0 Å². The Kier molecular flexibility index (Phi) is 3.23. The Bertz CT molecular complexity index is 343. The molecule has 0 spiro atoms. The molecule has 0 N–H and O–H groups in total. The highest BCUT2D eigenvalue weighted by atomic mass is 28.3. The van der Waals surface area contributed by atoms with Gasteiger partial charge in [-0.05, 0) is 30.7 Å². The third kappa shape index (κ3) is 2.49. The summed E-state index contributed by atoms with van der Waals surface area (Å²) in [5.74, 6) is 0.663. The number of rotatable bonds is 4. The molecule has 0 aliphatic heterocycles. The van der Waals surface area contributed by atoms with Crippen LogP contribution in [0.2, 0.25) is 25.2 Å². The first-order chi connectivity index (χ1) is 7.83. The molecular formula is C14H24O2Si. The van der Waals surface area contributed by atoms with E-state index in [9.17, 15) is 4.79 Å². The van der Waals surface area contributed by atoms with Gasteiger partial charge in [0.2, 0.25) is 0 Å². The number of fused-ring (bicyclic) bond motifs is 2. The van der Waals surface area contributed by atoms with Crippen LogP contribution in [0.25, 0.3) is 0 Å². The summed E-state index contributed by atoms with van der Waals surface area (Å²) in [6.07, 6.45) is 7.45. The first-order valence-electron chi connectivity index (χ1n) is 6.70. The van der Waals surface area contributed by atoms with Gasteiger partial charge in [-0.3, -0.25) is 4.79 Å². The monoisotopic (exact) mass is 252 g/mol. The summed E-state index contributed by atoms with van der Waals surface area (Å²) < 4.78 is 5.58. The molecule has 3 atom stereocenters. The van der Waals surface area contributed by atoms with Gasteiger partial charge in [0.1, 0.15) is 0 Å². The van der Waals surface area contributed by atoms with Crippen molar-refractivity contribution in [2.75, 3.05) is 6.61 Å². The van der Waals surface area contributed by atoms with E-state index in [0.717, 1.165) is 19.3 Å². The molecule has 2 aliphatic carbocycles. The maximum atomic E-state index is 12.2. The lowest BCUT2D eigenvalue weighted by Crippen LogP contribution is -2.33. The van der Waals surface area contributed by atoms with Crippen LogP contribution in [0.5, 0.6) is 0 Å². The van der Waals surface area contributed by atoms with Crippen LogP contribution in [-0.2, 0) is 9.53 Å². The maximum absolute atomic E-state index is 12.2. The summed E-state index contributed by atoms with van der Waals surface area (Å²) >= 11 is 0. The summed E-state index contributed by atoms with van der Waals surface area (Å²) in [6, 6.07) is 0. The highest BCUT2D eigenvalue weighted by Crippen LogP contribution is 2.49. The quantitative estimate of drug-likeness (QED) is 0.434. The highest BCUT2D eigenvalue weighted by Gasteiger charge is 2.47. The van der Waals surface area contributed by atoms with Crippen LogP contribution in [0.4, 0.5) is 0 Å². The average Bonchev–Trinajstić information content (AvgIpc) is 2.85. The number of ether oxygens (including phenoxy) is 1. The Labute approximate surface area is 105 Å². The van der Waals surface area contributed by atoms with Crippen LogP contribution in [0.15, 0.2) is 12.2 Å². The number of esters is 1. The lowest BCUT2D eigenvalue weighted by atomic mass is 9.88. The zero-order chi connectivity index (χ0) is 12.7. The third-order valence-corrected chi connectivity index (χ3v) is 7.75. The van der Waals surface area contributed by atoms with Crippen LogP contribution in [0.3, 0.4) is 0 Å². The van der Waals surface area contributed by atoms with Gasteiger partial charge in [0.05, 0.1) is 20.1 Å². The van der Waals surface area contributed by atoms with Crippen LogP contribution < -0.4 is 0 Å². The number of carbonyl (C=O) groups excluding carboxylic acids is 1. The van der Waals surface area contributed by atoms with Crippen molar-refractivity contribution in [1.82, 2.24) is 0 Å². The van der Waals surface area contributed by atoms with E-state index >= 15 is 0 Å². The Balaban J connectivity index is 1.88. The zero-order valence-corrected chi connectivity index (χ0v) is 12.5.